The van der Waals surface area contributed by atoms with Crippen molar-refractivity contribution in [2.45, 2.75) is 6.42 Å². The van der Waals surface area contributed by atoms with Gasteiger partial charge in [0.05, 0.1) is 19.9 Å². The minimum absolute atomic E-state index is 0.0355. The topological polar surface area (TPSA) is 71.1 Å². The van der Waals surface area contributed by atoms with E-state index >= 15 is 0 Å². The summed E-state index contributed by atoms with van der Waals surface area (Å²) in [7, 11) is 3.03. The second-order valence-corrected chi connectivity index (χ2v) is 6.93. The zero-order valence-electron chi connectivity index (χ0n) is 17.2. The van der Waals surface area contributed by atoms with Gasteiger partial charge in [-0.25, -0.2) is 4.39 Å². The summed E-state index contributed by atoms with van der Waals surface area (Å²) in [4.78, 5) is 28.5. The summed E-state index contributed by atoms with van der Waals surface area (Å²) in [5, 5.41) is 2.76. The smallest absolute Gasteiger partial charge is 0.251 e. The second-order valence-electron chi connectivity index (χ2n) is 6.93. The second kappa shape index (κ2) is 9.96. The quantitative estimate of drug-likeness (QED) is 0.752. The van der Waals surface area contributed by atoms with Gasteiger partial charge >= 0.3 is 0 Å². The Morgan fingerprint density at radius 1 is 1.00 bits per heavy atom. The molecule has 160 valence electrons. The maximum absolute atomic E-state index is 13.9. The molecular weight excluding hydrogens is 389 g/mol. The van der Waals surface area contributed by atoms with Crippen molar-refractivity contribution in [3.05, 3.63) is 53.8 Å². The van der Waals surface area contributed by atoms with E-state index < -0.39 is 0 Å². The van der Waals surface area contributed by atoms with Crippen LogP contribution < -0.4 is 19.7 Å². The van der Waals surface area contributed by atoms with Crippen LogP contribution in [0.4, 0.5) is 10.1 Å². The molecule has 0 aliphatic carbocycles. The van der Waals surface area contributed by atoms with Crippen LogP contribution in [0.3, 0.4) is 0 Å². The number of halogens is 1. The summed E-state index contributed by atoms with van der Waals surface area (Å²) in [6, 6.07) is 11.6. The Bertz CT molecular complexity index is 875. The number of nitrogens with one attached hydrogen (secondary N) is 1. The summed E-state index contributed by atoms with van der Waals surface area (Å²) < 4.78 is 24.3. The van der Waals surface area contributed by atoms with Crippen molar-refractivity contribution in [3.8, 4) is 11.5 Å². The van der Waals surface area contributed by atoms with E-state index in [1.54, 1.807) is 41.3 Å². The van der Waals surface area contributed by atoms with Gasteiger partial charge < -0.3 is 24.6 Å². The highest BCUT2D eigenvalue weighted by Gasteiger charge is 2.22. The highest BCUT2D eigenvalue weighted by molar-refractivity contribution is 5.95. The number of hydrogen-bond acceptors (Lipinski definition) is 5. The lowest BCUT2D eigenvalue weighted by molar-refractivity contribution is -0.131. The van der Waals surface area contributed by atoms with E-state index in [1.165, 1.54) is 20.3 Å². The van der Waals surface area contributed by atoms with Gasteiger partial charge in [0, 0.05) is 50.8 Å². The molecule has 7 nitrogen and oxygen atoms in total. The lowest BCUT2D eigenvalue weighted by Crippen LogP contribution is -2.49. The Morgan fingerprint density at radius 2 is 1.63 bits per heavy atom. The molecule has 1 fully saturated rings. The average molecular weight is 415 g/mol. The highest BCUT2D eigenvalue weighted by Crippen LogP contribution is 2.22. The molecule has 0 unspecified atom stereocenters. The van der Waals surface area contributed by atoms with E-state index in [1.807, 2.05) is 4.90 Å². The summed E-state index contributed by atoms with van der Waals surface area (Å²) in [6.07, 6.45) is 0.201. The van der Waals surface area contributed by atoms with Crippen LogP contribution >= 0.6 is 0 Å². The van der Waals surface area contributed by atoms with Gasteiger partial charge in [0.2, 0.25) is 5.91 Å². The molecule has 30 heavy (non-hydrogen) atoms. The Labute approximate surface area is 175 Å². The molecule has 0 aromatic heterocycles. The van der Waals surface area contributed by atoms with Crippen molar-refractivity contribution in [1.82, 2.24) is 10.2 Å². The highest BCUT2D eigenvalue weighted by atomic mass is 19.1. The fourth-order valence-electron chi connectivity index (χ4n) is 3.39. The predicted octanol–water partition coefficient (Wildman–Crippen LogP) is 2.31. The number of amides is 2. The van der Waals surface area contributed by atoms with E-state index in [2.05, 4.69) is 5.32 Å². The van der Waals surface area contributed by atoms with E-state index in [0.29, 0.717) is 48.9 Å². The number of ether oxygens (including phenoxy) is 2. The maximum Gasteiger partial charge on any atom is 0.251 e. The number of benzene rings is 2. The molecule has 2 aromatic rings. The molecule has 2 amide bonds. The molecule has 1 saturated heterocycles. The zero-order valence-corrected chi connectivity index (χ0v) is 17.2. The Balaban J connectivity index is 1.46. The van der Waals surface area contributed by atoms with Crippen LogP contribution in [0.25, 0.3) is 0 Å². The number of piperazine rings is 1. The lowest BCUT2D eigenvalue weighted by Gasteiger charge is -2.36. The molecule has 8 heteroatoms. The monoisotopic (exact) mass is 415 g/mol. The Hall–Kier alpha value is -3.29. The third-order valence-electron chi connectivity index (χ3n) is 5.06. The number of carbonyl (C=O) groups is 2. The van der Waals surface area contributed by atoms with Gasteiger partial charge in [0.1, 0.15) is 17.3 Å². The molecule has 1 N–H and O–H groups in total. The van der Waals surface area contributed by atoms with Crippen LogP contribution in [0, 0.1) is 5.82 Å². The van der Waals surface area contributed by atoms with Crippen molar-refractivity contribution in [2.75, 3.05) is 51.8 Å². The zero-order chi connectivity index (χ0) is 21.5. The number of methoxy groups -OCH3 is 2. The molecule has 1 aliphatic heterocycles. The molecule has 0 radical (unpaired) electrons. The molecule has 1 aliphatic rings. The number of anilines is 1. The molecule has 2 aromatic carbocycles. The molecule has 0 spiro atoms. The normalized spacial score (nSPS) is 13.7. The number of rotatable bonds is 7. The third kappa shape index (κ3) is 5.20. The van der Waals surface area contributed by atoms with E-state index in [4.69, 9.17) is 9.47 Å². The fourth-order valence-corrected chi connectivity index (χ4v) is 3.39. The van der Waals surface area contributed by atoms with Crippen molar-refractivity contribution < 1.29 is 23.5 Å². The number of nitrogens with zero attached hydrogens (tertiary/aromatic N) is 2. The van der Waals surface area contributed by atoms with Gasteiger partial charge in [0.15, 0.2) is 0 Å². The lowest BCUT2D eigenvalue weighted by atomic mass is 10.2. The molecule has 1 heterocycles. The van der Waals surface area contributed by atoms with Crippen LogP contribution in [0.5, 0.6) is 11.5 Å². The van der Waals surface area contributed by atoms with Gasteiger partial charge in [-0.3, -0.25) is 9.59 Å². The number of carbonyl (C=O) groups excluding carboxylic acids is 2. The van der Waals surface area contributed by atoms with Crippen molar-refractivity contribution in [2.24, 2.45) is 0 Å². The molecule has 0 saturated carbocycles. The summed E-state index contributed by atoms with van der Waals surface area (Å²) >= 11 is 0. The Morgan fingerprint density at radius 3 is 2.23 bits per heavy atom. The first-order valence-corrected chi connectivity index (χ1v) is 9.80. The van der Waals surface area contributed by atoms with Crippen LogP contribution in [0.2, 0.25) is 0 Å². The first-order valence-electron chi connectivity index (χ1n) is 9.80. The molecule has 0 atom stereocenters. The van der Waals surface area contributed by atoms with E-state index in [-0.39, 0.29) is 30.6 Å². The van der Waals surface area contributed by atoms with Crippen molar-refractivity contribution in [3.63, 3.8) is 0 Å². The van der Waals surface area contributed by atoms with Crippen molar-refractivity contribution >= 4 is 17.5 Å². The van der Waals surface area contributed by atoms with Crippen LogP contribution in [0.1, 0.15) is 16.8 Å². The van der Waals surface area contributed by atoms with E-state index in [9.17, 15) is 14.0 Å². The average Bonchev–Trinajstić information content (AvgIpc) is 2.79. The van der Waals surface area contributed by atoms with Gasteiger partial charge in [-0.2, -0.15) is 0 Å². The minimum atomic E-state index is -0.302. The van der Waals surface area contributed by atoms with Gasteiger partial charge in [-0.15, -0.1) is 0 Å². The first kappa shape index (κ1) is 21.4. The molecular formula is C22H26FN3O4. The van der Waals surface area contributed by atoms with Gasteiger partial charge in [-0.05, 0) is 24.3 Å². The van der Waals surface area contributed by atoms with Crippen LogP contribution in [-0.4, -0.2) is 63.7 Å². The fraction of sp³-hybridized carbons (Fsp3) is 0.364. The first-order chi connectivity index (χ1) is 14.5. The summed E-state index contributed by atoms with van der Waals surface area (Å²) in [5.41, 5.74) is 0.961. The predicted molar refractivity (Wildman–Crippen MR) is 112 cm³/mol. The number of para-hydroxylation sites is 1. The largest absolute Gasteiger partial charge is 0.497 e. The molecule has 0 bridgehead atoms. The van der Waals surface area contributed by atoms with Gasteiger partial charge in [-0.1, -0.05) is 12.1 Å². The third-order valence-corrected chi connectivity index (χ3v) is 5.06. The molecule has 3 rings (SSSR count). The minimum Gasteiger partial charge on any atom is -0.497 e. The standard InChI is InChI=1S/C22H26FN3O4/c1-29-17-13-16(14-18(15-17)30-2)22(28)24-8-7-21(27)26-11-9-25(10-12-26)20-6-4-3-5-19(20)23/h3-6,13-15H,7-12H2,1-2H3,(H,24,28). The van der Waals surface area contributed by atoms with Crippen LogP contribution in [-0.2, 0) is 4.79 Å². The van der Waals surface area contributed by atoms with Crippen molar-refractivity contribution in [1.29, 1.82) is 0 Å². The summed E-state index contributed by atoms with van der Waals surface area (Å²) in [5.74, 6) is 0.442. The summed E-state index contributed by atoms with van der Waals surface area (Å²) in [6.45, 7) is 2.42. The van der Waals surface area contributed by atoms with Gasteiger partial charge in [0.25, 0.3) is 5.91 Å². The van der Waals surface area contributed by atoms with E-state index in [0.717, 1.165) is 0 Å². The SMILES string of the molecule is COc1cc(OC)cc(C(=O)NCCC(=O)N2CCN(c3ccccc3F)CC2)c1. The van der Waals surface area contributed by atoms with Crippen LogP contribution in [0.15, 0.2) is 42.5 Å². The Kier molecular flexibility index (Phi) is 7.11. The maximum atomic E-state index is 13.9. The number of hydrogen-bond donors (Lipinski definition) is 1.